The van der Waals surface area contributed by atoms with Crippen LogP contribution in [0.25, 0.3) is 0 Å². The molecule has 2 saturated heterocycles. The molecule has 2 amide bonds. The van der Waals surface area contributed by atoms with Gasteiger partial charge < -0.3 is 15.7 Å². The normalized spacial score (nSPS) is 32.8. The fraction of sp³-hybridized carbons (Fsp3) is 0.680. The van der Waals surface area contributed by atoms with Crippen LogP contribution >= 0.6 is 0 Å². The minimum absolute atomic E-state index is 0.0267. The second kappa shape index (κ2) is 8.12. The standard InChI is InChI=1S/C25H35N3O3/c1-16-22-13-18-7-8-19(29)14-20(18)25(16,10-12-28(22)15-17-5-6-17)9-11-26-24(31)21-3-2-4-23(30)27-21/h7-8,14,16-17,21-22,29H,2-6,9-13,15H2,1H3,(H,26,31)(H,27,30)/t16-,21-,22+,25?/m0/s1. The number of carbonyl (C=O) groups is 2. The van der Waals surface area contributed by atoms with Gasteiger partial charge in [-0.15, -0.1) is 0 Å². The number of nitrogens with one attached hydrogen (secondary N) is 2. The lowest BCUT2D eigenvalue weighted by molar-refractivity contribution is -0.131. The largest absolute Gasteiger partial charge is 0.508 e. The average molecular weight is 426 g/mol. The quantitative estimate of drug-likeness (QED) is 0.654. The van der Waals surface area contributed by atoms with Gasteiger partial charge in [-0.1, -0.05) is 13.0 Å². The number of rotatable bonds is 6. The number of carbonyl (C=O) groups excluding carboxylic acids is 2. The molecule has 1 saturated carbocycles. The molecule has 1 aromatic rings. The molecule has 2 aliphatic heterocycles. The van der Waals surface area contributed by atoms with Crippen LogP contribution in [0.2, 0.25) is 0 Å². The molecule has 0 aromatic heterocycles. The van der Waals surface area contributed by atoms with Crippen LogP contribution in [0.5, 0.6) is 5.75 Å². The molecule has 3 N–H and O–H groups in total. The number of fused-ring (bicyclic) bond motifs is 4. The van der Waals surface area contributed by atoms with Gasteiger partial charge in [-0.3, -0.25) is 14.5 Å². The van der Waals surface area contributed by atoms with Crippen LogP contribution in [-0.4, -0.2) is 53.5 Å². The molecular weight excluding hydrogens is 390 g/mol. The third-order valence-electron chi connectivity index (χ3n) is 8.43. The van der Waals surface area contributed by atoms with Crippen molar-refractivity contribution in [1.82, 2.24) is 15.5 Å². The van der Waals surface area contributed by atoms with Crippen molar-refractivity contribution in [2.24, 2.45) is 11.8 Å². The molecule has 1 aromatic carbocycles. The Balaban J connectivity index is 1.33. The molecular formula is C25H35N3O3. The summed E-state index contributed by atoms with van der Waals surface area (Å²) in [5.74, 6) is 1.59. The van der Waals surface area contributed by atoms with Gasteiger partial charge in [0.15, 0.2) is 0 Å². The Morgan fingerprint density at radius 2 is 2.16 bits per heavy atom. The summed E-state index contributed by atoms with van der Waals surface area (Å²) in [6.07, 6.45) is 7.72. The number of benzene rings is 1. The summed E-state index contributed by atoms with van der Waals surface area (Å²) >= 11 is 0. The van der Waals surface area contributed by atoms with Crippen molar-refractivity contribution in [3.63, 3.8) is 0 Å². The molecule has 2 bridgehead atoms. The van der Waals surface area contributed by atoms with Crippen LogP contribution in [-0.2, 0) is 21.4 Å². The van der Waals surface area contributed by atoms with Gasteiger partial charge in [0.2, 0.25) is 11.8 Å². The monoisotopic (exact) mass is 425 g/mol. The molecule has 31 heavy (non-hydrogen) atoms. The Morgan fingerprint density at radius 3 is 2.94 bits per heavy atom. The maximum absolute atomic E-state index is 12.6. The van der Waals surface area contributed by atoms with Gasteiger partial charge in [-0.2, -0.15) is 0 Å². The lowest BCUT2D eigenvalue weighted by Crippen LogP contribution is -2.60. The first kappa shape index (κ1) is 20.8. The molecule has 2 heterocycles. The number of piperidine rings is 2. The number of phenols is 1. The number of hydrogen-bond donors (Lipinski definition) is 3. The van der Waals surface area contributed by atoms with Crippen molar-refractivity contribution in [3.8, 4) is 5.75 Å². The maximum atomic E-state index is 12.6. The van der Waals surface area contributed by atoms with Crippen LogP contribution < -0.4 is 10.6 Å². The molecule has 6 nitrogen and oxygen atoms in total. The fourth-order valence-corrected chi connectivity index (χ4v) is 6.42. The van der Waals surface area contributed by atoms with Gasteiger partial charge in [0, 0.05) is 31.0 Å². The van der Waals surface area contributed by atoms with Crippen LogP contribution in [0, 0.1) is 11.8 Å². The highest BCUT2D eigenvalue weighted by atomic mass is 16.3. The summed E-state index contributed by atoms with van der Waals surface area (Å²) < 4.78 is 0. The van der Waals surface area contributed by atoms with E-state index < -0.39 is 6.04 Å². The second-order valence-corrected chi connectivity index (χ2v) is 10.3. The third kappa shape index (κ3) is 3.95. The Hall–Kier alpha value is -2.08. The Bertz CT molecular complexity index is 868. The van der Waals surface area contributed by atoms with E-state index in [4.69, 9.17) is 0 Å². The van der Waals surface area contributed by atoms with Gasteiger partial charge in [-0.25, -0.2) is 0 Å². The number of likely N-dealkylation sites (tertiary alicyclic amines) is 1. The topological polar surface area (TPSA) is 81.7 Å². The number of amides is 2. The van der Waals surface area contributed by atoms with Crippen molar-refractivity contribution in [2.75, 3.05) is 19.6 Å². The molecule has 4 atom stereocenters. The number of hydrogen-bond acceptors (Lipinski definition) is 4. The Kier molecular flexibility index (Phi) is 5.45. The highest BCUT2D eigenvalue weighted by molar-refractivity contribution is 5.88. The summed E-state index contributed by atoms with van der Waals surface area (Å²) in [6.45, 7) is 5.28. The molecule has 6 heteroatoms. The predicted octanol–water partition coefficient (Wildman–Crippen LogP) is 2.48. The minimum atomic E-state index is -0.396. The third-order valence-corrected chi connectivity index (χ3v) is 8.43. The first-order chi connectivity index (χ1) is 15.0. The zero-order valence-corrected chi connectivity index (χ0v) is 18.5. The minimum Gasteiger partial charge on any atom is -0.508 e. The van der Waals surface area contributed by atoms with Crippen molar-refractivity contribution in [3.05, 3.63) is 29.3 Å². The second-order valence-electron chi connectivity index (χ2n) is 10.3. The van der Waals surface area contributed by atoms with Crippen molar-refractivity contribution in [2.45, 2.75) is 75.8 Å². The molecule has 0 radical (unpaired) electrons. The van der Waals surface area contributed by atoms with E-state index in [-0.39, 0.29) is 17.2 Å². The molecule has 1 unspecified atom stereocenters. The number of aromatic hydroxyl groups is 1. The van der Waals surface area contributed by atoms with E-state index in [1.165, 1.54) is 30.5 Å². The summed E-state index contributed by atoms with van der Waals surface area (Å²) in [6, 6.07) is 6.03. The van der Waals surface area contributed by atoms with Gasteiger partial charge in [-0.05, 0) is 86.6 Å². The fourth-order valence-electron chi connectivity index (χ4n) is 6.42. The number of nitrogens with zero attached hydrogens (tertiary/aromatic N) is 1. The lowest BCUT2D eigenvalue weighted by atomic mass is 9.56. The van der Waals surface area contributed by atoms with Crippen molar-refractivity contribution < 1.29 is 14.7 Å². The molecule has 168 valence electrons. The van der Waals surface area contributed by atoms with Crippen LogP contribution in [0.1, 0.15) is 63.0 Å². The maximum Gasteiger partial charge on any atom is 0.242 e. The molecule has 0 spiro atoms. The van der Waals surface area contributed by atoms with E-state index in [1.807, 2.05) is 12.1 Å². The highest BCUT2D eigenvalue weighted by Crippen LogP contribution is 2.52. The van der Waals surface area contributed by atoms with Crippen LogP contribution in [0.4, 0.5) is 0 Å². The van der Waals surface area contributed by atoms with Crippen molar-refractivity contribution in [1.29, 1.82) is 0 Å². The average Bonchev–Trinajstić information content (AvgIpc) is 3.56. The van der Waals surface area contributed by atoms with Gasteiger partial charge in [0.05, 0.1) is 0 Å². The van der Waals surface area contributed by atoms with E-state index in [0.717, 1.165) is 38.1 Å². The Morgan fingerprint density at radius 1 is 1.32 bits per heavy atom. The lowest BCUT2D eigenvalue weighted by Gasteiger charge is -2.56. The first-order valence-electron chi connectivity index (χ1n) is 12.1. The SMILES string of the molecule is C[C@H]1[C@H]2Cc3ccc(O)cc3C1(CCNC(=O)[C@@H]1CCCC(=O)N1)CCN2CC1CC1. The number of phenolic OH excluding ortho intramolecular Hbond substituents is 1. The predicted molar refractivity (Wildman–Crippen MR) is 119 cm³/mol. The molecule has 2 aliphatic carbocycles. The van der Waals surface area contributed by atoms with E-state index >= 15 is 0 Å². The van der Waals surface area contributed by atoms with E-state index in [2.05, 4.69) is 28.5 Å². The zero-order valence-electron chi connectivity index (χ0n) is 18.5. The first-order valence-corrected chi connectivity index (χ1v) is 12.1. The van der Waals surface area contributed by atoms with Gasteiger partial charge in [0.1, 0.15) is 11.8 Å². The molecule has 4 aliphatic rings. The van der Waals surface area contributed by atoms with Crippen LogP contribution in [0.3, 0.4) is 0 Å². The van der Waals surface area contributed by atoms with E-state index in [1.54, 1.807) is 0 Å². The summed E-state index contributed by atoms with van der Waals surface area (Å²) in [5.41, 5.74) is 2.61. The van der Waals surface area contributed by atoms with Gasteiger partial charge >= 0.3 is 0 Å². The molecule has 3 fully saturated rings. The van der Waals surface area contributed by atoms with E-state index in [0.29, 0.717) is 37.1 Å². The zero-order chi connectivity index (χ0) is 21.6. The van der Waals surface area contributed by atoms with Crippen molar-refractivity contribution >= 4 is 11.8 Å². The Labute approximate surface area is 184 Å². The van der Waals surface area contributed by atoms with Crippen LogP contribution in [0.15, 0.2) is 18.2 Å². The summed E-state index contributed by atoms with van der Waals surface area (Å²) in [5, 5.41) is 16.2. The highest BCUT2D eigenvalue weighted by Gasteiger charge is 2.51. The van der Waals surface area contributed by atoms with Gasteiger partial charge in [0.25, 0.3) is 0 Å². The molecule has 5 rings (SSSR count). The smallest absolute Gasteiger partial charge is 0.242 e. The summed E-state index contributed by atoms with van der Waals surface area (Å²) in [7, 11) is 0. The summed E-state index contributed by atoms with van der Waals surface area (Å²) in [4.78, 5) is 27.0. The van der Waals surface area contributed by atoms with E-state index in [9.17, 15) is 14.7 Å².